The molecule has 1 heterocycles. The number of benzene rings is 1. The number of nitrogens with one attached hydrogen (secondary N) is 2. The molecule has 0 aromatic heterocycles. The molecule has 1 aromatic rings. The summed E-state index contributed by atoms with van der Waals surface area (Å²) in [6, 6.07) is 7.46. The molecular weight excluding hydrogens is 292 g/mol. The molecule has 1 saturated heterocycles. The van der Waals surface area contributed by atoms with Gasteiger partial charge in [0.1, 0.15) is 11.9 Å². The van der Waals surface area contributed by atoms with E-state index in [9.17, 15) is 4.79 Å². The van der Waals surface area contributed by atoms with Crippen molar-refractivity contribution in [2.24, 2.45) is 5.92 Å². The molecular formula is C15H23ClN2O3. The largest absolute Gasteiger partial charge is 0.488 e. The van der Waals surface area contributed by atoms with Gasteiger partial charge in [0.25, 0.3) is 0 Å². The van der Waals surface area contributed by atoms with Crippen molar-refractivity contribution in [2.45, 2.75) is 19.4 Å². The molecule has 0 spiro atoms. The summed E-state index contributed by atoms with van der Waals surface area (Å²) in [5.74, 6) is 0.755. The summed E-state index contributed by atoms with van der Waals surface area (Å²) in [4.78, 5) is 11.9. The van der Waals surface area contributed by atoms with E-state index in [1.807, 2.05) is 38.2 Å². The van der Waals surface area contributed by atoms with Crippen molar-refractivity contribution < 1.29 is 14.3 Å². The molecule has 0 saturated carbocycles. The highest BCUT2D eigenvalue weighted by atomic mass is 35.5. The molecule has 2 unspecified atom stereocenters. The van der Waals surface area contributed by atoms with Gasteiger partial charge in [-0.3, -0.25) is 4.79 Å². The van der Waals surface area contributed by atoms with Crippen LogP contribution in [-0.4, -0.2) is 38.8 Å². The van der Waals surface area contributed by atoms with Crippen LogP contribution in [-0.2, 0) is 9.53 Å². The Kier molecular flexibility index (Phi) is 7.50. The van der Waals surface area contributed by atoms with Crippen LogP contribution in [0.5, 0.6) is 5.75 Å². The van der Waals surface area contributed by atoms with Crippen molar-refractivity contribution in [2.75, 3.05) is 32.1 Å². The zero-order valence-electron chi connectivity index (χ0n) is 12.4. The average Bonchev–Trinajstić information content (AvgIpc) is 2.94. The smallest absolute Gasteiger partial charge is 0.228 e. The number of ether oxygens (including phenoxy) is 2. The van der Waals surface area contributed by atoms with Crippen LogP contribution < -0.4 is 15.4 Å². The maximum atomic E-state index is 11.9. The molecule has 5 nitrogen and oxygen atoms in total. The second-order valence-electron chi connectivity index (χ2n) is 5.08. The SMILES string of the molecule is CNCC(C)C(=O)Nc1ccc(OC2CCOC2)cc1.Cl. The Morgan fingerprint density at radius 1 is 1.43 bits per heavy atom. The third-order valence-electron chi connectivity index (χ3n) is 3.27. The van der Waals surface area contributed by atoms with Crippen LogP contribution >= 0.6 is 12.4 Å². The molecule has 1 aliphatic rings. The highest BCUT2D eigenvalue weighted by Gasteiger charge is 2.17. The summed E-state index contributed by atoms with van der Waals surface area (Å²) < 4.78 is 11.0. The molecule has 0 radical (unpaired) electrons. The van der Waals surface area contributed by atoms with Crippen LogP contribution in [0.3, 0.4) is 0 Å². The third kappa shape index (κ3) is 5.53. The van der Waals surface area contributed by atoms with Gasteiger partial charge >= 0.3 is 0 Å². The Bertz CT molecular complexity index is 433. The number of rotatable bonds is 6. The van der Waals surface area contributed by atoms with Crippen molar-refractivity contribution in [3.8, 4) is 5.75 Å². The van der Waals surface area contributed by atoms with Gasteiger partial charge in [0, 0.05) is 24.6 Å². The minimum Gasteiger partial charge on any atom is -0.488 e. The highest BCUT2D eigenvalue weighted by Crippen LogP contribution is 2.19. The summed E-state index contributed by atoms with van der Waals surface area (Å²) in [6.07, 6.45) is 1.08. The molecule has 21 heavy (non-hydrogen) atoms. The lowest BCUT2D eigenvalue weighted by Crippen LogP contribution is -2.28. The first-order valence-corrected chi connectivity index (χ1v) is 6.99. The number of carbonyl (C=O) groups excluding carboxylic acids is 1. The maximum Gasteiger partial charge on any atom is 0.228 e. The fraction of sp³-hybridized carbons (Fsp3) is 0.533. The quantitative estimate of drug-likeness (QED) is 0.844. The Hall–Kier alpha value is -1.30. The second kappa shape index (κ2) is 8.87. The molecule has 1 aromatic carbocycles. The van der Waals surface area contributed by atoms with Crippen LogP contribution in [0.1, 0.15) is 13.3 Å². The molecule has 0 bridgehead atoms. The topological polar surface area (TPSA) is 59.6 Å². The number of halogens is 1. The first-order valence-electron chi connectivity index (χ1n) is 6.99. The van der Waals surface area contributed by atoms with E-state index in [4.69, 9.17) is 9.47 Å². The summed E-state index contributed by atoms with van der Waals surface area (Å²) in [5, 5.41) is 5.88. The average molecular weight is 315 g/mol. The van der Waals surface area contributed by atoms with Crippen LogP contribution in [0.4, 0.5) is 5.69 Å². The standard InChI is InChI=1S/C15H22N2O3.ClH/c1-11(9-16-2)15(18)17-12-3-5-13(6-4-12)20-14-7-8-19-10-14;/h3-6,11,14,16H,7-10H2,1-2H3,(H,17,18);1H. The zero-order valence-corrected chi connectivity index (χ0v) is 13.2. The van der Waals surface area contributed by atoms with Gasteiger partial charge in [0.05, 0.1) is 13.2 Å². The monoisotopic (exact) mass is 314 g/mol. The van der Waals surface area contributed by atoms with Gasteiger partial charge < -0.3 is 20.1 Å². The van der Waals surface area contributed by atoms with Crippen LogP contribution in [0.2, 0.25) is 0 Å². The molecule has 1 aliphatic heterocycles. The van der Waals surface area contributed by atoms with E-state index in [1.165, 1.54) is 0 Å². The molecule has 0 aliphatic carbocycles. The van der Waals surface area contributed by atoms with E-state index >= 15 is 0 Å². The number of carbonyl (C=O) groups is 1. The Morgan fingerprint density at radius 2 is 2.14 bits per heavy atom. The molecule has 6 heteroatoms. The van der Waals surface area contributed by atoms with Crippen molar-refractivity contribution in [3.05, 3.63) is 24.3 Å². The second-order valence-corrected chi connectivity index (χ2v) is 5.08. The number of anilines is 1. The van der Waals surface area contributed by atoms with Gasteiger partial charge in [0.15, 0.2) is 0 Å². The first-order chi connectivity index (χ1) is 9.69. The maximum absolute atomic E-state index is 11.9. The Morgan fingerprint density at radius 3 is 2.71 bits per heavy atom. The van der Waals surface area contributed by atoms with Crippen molar-refractivity contribution in [1.29, 1.82) is 0 Å². The highest BCUT2D eigenvalue weighted by molar-refractivity contribution is 5.92. The van der Waals surface area contributed by atoms with E-state index in [2.05, 4.69) is 10.6 Å². The summed E-state index contributed by atoms with van der Waals surface area (Å²) in [6.45, 7) is 3.97. The van der Waals surface area contributed by atoms with Crippen LogP contribution in [0.25, 0.3) is 0 Å². The zero-order chi connectivity index (χ0) is 14.4. The van der Waals surface area contributed by atoms with Crippen LogP contribution in [0.15, 0.2) is 24.3 Å². The van der Waals surface area contributed by atoms with Crippen molar-refractivity contribution in [3.63, 3.8) is 0 Å². The predicted octanol–water partition coefficient (Wildman–Crippen LogP) is 2.07. The number of hydrogen-bond acceptors (Lipinski definition) is 4. The Balaban J connectivity index is 0.00000220. The first kappa shape index (κ1) is 17.8. The fourth-order valence-corrected chi connectivity index (χ4v) is 2.08. The van der Waals surface area contributed by atoms with E-state index in [-0.39, 0.29) is 30.3 Å². The van der Waals surface area contributed by atoms with Gasteiger partial charge in [-0.15, -0.1) is 12.4 Å². The van der Waals surface area contributed by atoms with Crippen molar-refractivity contribution >= 4 is 24.0 Å². The van der Waals surface area contributed by atoms with Gasteiger partial charge in [-0.2, -0.15) is 0 Å². The van der Waals surface area contributed by atoms with Gasteiger partial charge in [-0.25, -0.2) is 0 Å². The lowest BCUT2D eigenvalue weighted by Gasteiger charge is -2.14. The molecule has 2 atom stereocenters. The van der Waals surface area contributed by atoms with E-state index in [0.717, 1.165) is 24.5 Å². The summed E-state index contributed by atoms with van der Waals surface area (Å²) in [5.41, 5.74) is 0.785. The van der Waals surface area contributed by atoms with Gasteiger partial charge in [-0.05, 0) is 31.3 Å². The van der Waals surface area contributed by atoms with E-state index < -0.39 is 0 Å². The summed E-state index contributed by atoms with van der Waals surface area (Å²) >= 11 is 0. The predicted molar refractivity (Wildman–Crippen MR) is 85.3 cm³/mol. The number of hydrogen-bond donors (Lipinski definition) is 2. The minimum atomic E-state index is -0.0634. The van der Waals surface area contributed by atoms with E-state index in [0.29, 0.717) is 13.2 Å². The minimum absolute atomic E-state index is 0. The molecule has 2 N–H and O–H groups in total. The lowest BCUT2D eigenvalue weighted by atomic mass is 10.1. The molecule has 2 rings (SSSR count). The fourth-order valence-electron chi connectivity index (χ4n) is 2.08. The third-order valence-corrected chi connectivity index (χ3v) is 3.27. The lowest BCUT2D eigenvalue weighted by molar-refractivity contribution is -0.119. The molecule has 1 amide bonds. The molecule has 1 fully saturated rings. The van der Waals surface area contributed by atoms with E-state index in [1.54, 1.807) is 0 Å². The van der Waals surface area contributed by atoms with Gasteiger partial charge in [-0.1, -0.05) is 6.92 Å². The molecule has 118 valence electrons. The van der Waals surface area contributed by atoms with Crippen LogP contribution in [0, 0.1) is 5.92 Å². The normalized spacial score (nSPS) is 18.7. The Labute approximate surface area is 131 Å². The number of amides is 1. The van der Waals surface area contributed by atoms with Gasteiger partial charge in [0.2, 0.25) is 5.91 Å². The van der Waals surface area contributed by atoms with Crippen molar-refractivity contribution in [1.82, 2.24) is 5.32 Å². The summed E-state index contributed by atoms with van der Waals surface area (Å²) in [7, 11) is 1.84.